The maximum Gasteiger partial charge on any atom is 2.00 e. The third-order valence-electron chi connectivity index (χ3n) is 5.34. The average Bonchev–Trinajstić information content (AvgIpc) is 3.45. The molecule has 190 valence electrons. The van der Waals surface area contributed by atoms with Gasteiger partial charge in [-0.3, -0.25) is 0 Å². The molecule has 0 radical (unpaired) electrons. The first-order chi connectivity index (χ1) is 14.9. The monoisotopic (exact) mass is 588 g/mol. The smallest absolute Gasteiger partial charge is 0.574 e. The zero-order valence-corrected chi connectivity index (χ0v) is 26.7. The fourth-order valence-corrected chi connectivity index (χ4v) is 5.18. The van der Waals surface area contributed by atoms with Gasteiger partial charge in [-0.25, -0.2) is 0 Å². The van der Waals surface area contributed by atoms with Crippen LogP contribution in [0.25, 0.3) is 0 Å². The molecule has 2 heterocycles. The van der Waals surface area contributed by atoms with Crippen LogP contribution in [0, 0.1) is 11.8 Å². The van der Waals surface area contributed by atoms with E-state index < -0.39 is 0 Å². The molecule has 0 aliphatic heterocycles. The summed E-state index contributed by atoms with van der Waals surface area (Å²) in [4.78, 5) is 0. The molecule has 2 aromatic heterocycles. The van der Waals surface area contributed by atoms with E-state index in [0.717, 1.165) is 11.8 Å². The predicted octanol–water partition coefficient (Wildman–Crippen LogP) is 8.17. The summed E-state index contributed by atoms with van der Waals surface area (Å²) in [5.41, 5.74) is 5.32. The molecule has 0 saturated carbocycles. The van der Waals surface area contributed by atoms with Crippen molar-refractivity contribution in [3.05, 3.63) is 46.0 Å². The van der Waals surface area contributed by atoms with Crippen LogP contribution in [0.15, 0.2) is 24.3 Å². The number of rotatable bonds is 0. The van der Waals surface area contributed by atoms with Crippen molar-refractivity contribution in [1.29, 1.82) is 0 Å². The number of nitrogens with zero attached hydrogens (tertiary/aromatic N) is 4. The van der Waals surface area contributed by atoms with Gasteiger partial charge in [-0.2, -0.15) is 0 Å². The molecule has 0 atom stereocenters. The van der Waals surface area contributed by atoms with Gasteiger partial charge in [0.25, 0.3) is 0 Å². The van der Waals surface area contributed by atoms with E-state index in [4.69, 9.17) is 0 Å². The Balaban J connectivity index is 0.000000261. The molecule has 0 fully saturated rings. The maximum atomic E-state index is 4.25. The minimum absolute atomic E-state index is 0. The third-order valence-corrected chi connectivity index (χ3v) is 9.23. The maximum absolute atomic E-state index is 4.25. The molecule has 2 bridgehead atoms. The van der Waals surface area contributed by atoms with Crippen LogP contribution in [-0.2, 0) is 41.1 Å². The van der Waals surface area contributed by atoms with Crippen molar-refractivity contribution >= 4 is 16.4 Å². The predicted molar refractivity (Wildman–Crippen MR) is 145 cm³/mol. The van der Waals surface area contributed by atoms with Gasteiger partial charge in [0.15, 0.2) is 0 Å². The first-order valence-corrected chi connectivity index (χ1v) is 13.8. The van der Waals surface area contributed by atoms with E-state index in [1.165, 1.54) is 44.5 Å². The summed E-state index contributed by atoms with van der Waals surface area (Å²) in [5, 5.41) is 17.0. The number of allylic oxidation sites excluding steroid dienone is 4. The topological polar surface area (TPSA) is 54.0 Å². The minimum atomic E-state index is 0. The molecule has 34 heavy (non-hydrogen) atoms. The summed E-state index contributed by atoms with van der Waals surface area (Å²) in [7, 11) is 2.42. The van der Waals surface area contributed by atoms with Crippen molar-refractivity contribution < 1.29 is 19.5 Å². The van der Waals surface area contributed by atoms with E-state index in [-0.39, 0.29) is 41.1 Å². The van der Waals surface area contributed by atoms with Crippen molar-refractivity contribution in [3.63, 3.8) is 0 Å². The van der Waals surface area contributed by atoms with E-state index in [0.29, 0.717) is 0 Å². The Labute approximate surface area is 224 Å². The molecule has 2 aliphatic carbocycles. The van der Waals surface area contributed by atoms with Crippen LogP contribution in [0.3, 0.4) is 0 Å². The van der Waals surface area contributed by atoms with Gasteiger partial charge in [-0.05, 0) is 29.1 Å². The molecule has 0 amide bonds. The van der Waals surface area contributed by atoms with E-state index >= 15 is 0 Å². The largest absolute Gasteiger partial charge is 2.00 e. The van der Waals surface area contributed by atoms with Gasteiger partial charge in [0.1, 0.15) is 0 Å². The molecule has 2 aliphatic rings. The molecule has 0 spiro atoms. The van der Waals surface area contributed by atoms with E-state index in [1.54, 1.807) is 0 Å². The van der Waals surface area contributed by atoms with Gasteiger partial charge < -0.3 is 20.4 Å². The average molecular weight is 588 g/mol. The van der Waals surface area contributed by atoms with Crippen molar-refractivity contribution in [3.8, 4) is 0 Å². The summed E-state index contributed by atoms with van der Waals surface area (Å²) in [6, 6.07) is 0. The van der Waals surface area contributed by atoms with E-state index in [9.17, 15) is 0 Å². The van der Waals surface area contributed by atoms with Crippen molar-refractivity contribution in [2.45, 2.75) is 111 Å². The standard InChI is InChI=1S/2C10H18N2P.C7H8.Ru/c2*1-9(2,3)7-11-12-8(13-7)10(4,5)6;1-2-7-4-3-6(1)5-7;/h2*1-6H3;1-4,6-7H,5H2;/q2*-1;;+2. The summed E-state index contributed by atoms with van der Waals surface area (Å²) in [6.45, 7) is 26.2. The molecular formula is C27H44N4P2Ru. The SMILES string of the molecule is C1=CC2C=CC1C2.CC(C)(C)c1n[n-]c(C(C)(C)C)p1.CC(C)(C)c1n[n-]c(C(C)(C)C)p1.[Ru+2]. The Morgan fingerprint density at radius 3 is 1.00 bits per heavy atom. The quantitative estimate of drug-likeness (QED) is 0.230. The van der Waals surface area contributed by atoms with Gasteiger partial charge in [0, 0.05) is 21.7 Å². The molecule has 0 saturated heterocycles. The molecule has 4 nitrogen and oxygen atoms in total. The van der Waals surface area contributed by atoms with Gasteiger partial charge in [-0.1, -0.05) is 124 Å². The minimum Gasteiger partial charge on any atom is -0.574 e. The summed E-state index contributed by atoms with van der Waals surface area (Å²) in [5.74, 6) is 1.62. The number of fused-ring (bicyclic) bond motifs is 2. The first kappa shape index (κ1) is 31.4. The van der Waals surface area contributed by atoms with Crippen LogP contribution in [0.4, 0.5) is 0 Å². The normalized spacial score (nSPS) is 19.6. The second-order valence-electron chi connectivity index (χ2n) is 13.3. The van der Waals surface area contributed by atoms with Crippen LogP contribution in [0.2, 0.25) is 0 Å². The second-order valence-corrected chi connectivity index (χ2v) is 15.4. The molecule has 0 aromatic carbocycles. The number of hydrogen-bond donors (Lipinski definition) is 0. The zero-order chi connectivity index (χ0) is 25.2. The first-order valence-electron chi connectivity index (χ1n) is 12.0. The van der Waals surface area contributed by atoms with Crippen LogP contribution in [-0.4, -0.2) is 10.2 Å². The second kappa shape index (κ2) is 11.6. The van der Waals surface area contributed by atoms with Crippen LogP contribution < -0.4 is 10.2 Å². The number of hydrogen-bond acceptors (Lipinski definition) is 2. The van der Waals surface area contributed by atoms with Crippen LogP contribution >= 0.6 is 16.4 Å². The van der Waals surface area contributed by atoms with E-state index in [1.807, 2.05) is 0 Å². The fourth-order valence-electron chi connectivity index (χ4n) is 3.08. The molecule has 4 rings (SSSR count). The van der Waals surface area contributed by atoms with Crippen molar-refractivity contribution in [1.82, 2.24) is 20.4 Å². The fraction of sp³-hybridized carbons (Fsp3) is 0.704. The van der Waals surface area contributed by atoms with Crippen LogP contribution in [0.1, 0.15) is 111 Å². The van der Waals surface area contributed by atoms with Crippen molar-refractivity contribution in [2.75, 3.05) is 0 Å². The molecule has 2 aromatic rings. The Kier molecular flexibility index (Phi) is 10.7. The Bertz CT molecular complexity index is 813. The Hall–Kier alpha value is -0.617. The zero-order valence-electron chi connectivity index (χ0n) is 23.2. The summed E-state index contributed by atoms with van der Waals surface area (Å²) in [6.07, 6.45) is 10.5. The van der Waals surface area contributed by atoms with Gasteiger partial charge >= 0.3 is 19.5 Å². The summed E-state index contributed by atoms with van der Waals surface area (Å²) < 4.78 is 0. The van der Waals surface area contributed by atoms with Crippen molar-refractivity contribution in [2.24, 2.45) is 11.8 Å². The van der Waals surface area contributed by atoms with E-state index in [2.05, 4.69) is 128 Å². The molecule has 7 heteroatoms. The number of aromatic nitrogens is 4. The molecular weight excluding hydrogens is 543 g/mol. The van der Waals surface area contributed by atoms with Gasteiger partial charge in [0.05, 0.1) is 0 Å². The Morgan fingerprint density at radius 2 is 0.882 bits per heavy atom. The third kappa shape index (κ3) is 9.45. The molecule has 0 unspecified atom stereocenters. The van der Waals surface area contributed by atoms with Crippen LogP contribution in [0.5, 0.6) is 0 Å². The van der Waals surface area contributed by atoms with Gasteiger partial charge in [-0.15, -0.1) is 10.9 Å². The Morgan fingerprint density at radius 1 is 0.588 bits per heavy atom. The van der Waals surface area contributed by atoms with Gasteiger partial charge in [0.2, 0.25) is 0 Å². The summed E-state index contributed by atoms with van der Waals surface area (Å²) >= 11 is 0. The molecule has 0 N–H and O–H groups in total.